The van der Waals surface area contributed by atoms with Crippen molar-refractivity contribution in [3.63, 3.8) is 0 Å². The van der Waals surface area contributed by atoms with E-state index >= 15 is 0 Å². The predicted molar refractivity (Wildman–Crippen MR) is 113 cm³/mol. The zero-order chi connectivity index (χ0) is 18.2. The lowest BCUT2D eigenvalue weighted by molar-refractivity contribution is 1.23. The highest BCUT2D eigenvalue weighted by atomic mass is 35.5. The van der Waals surface area contributed by atoms with Crippen LogP contribution < -0.4 is 0 Å². The van der Waals surface area contributed by atoms with Crippen LogP contribution in [0.3, 0.4) is 0 Å². The zero-order valence-electron chi connectivity index (χ0n) is 14.4. The van der Waals surface area contributed by atoms with Gasteiger partial charge in [-0.05, 0) is 34.2 Å². The van der Waals surface area contributed by atoms with Crippen LogP contribution in [0.15, 0.2) is 91.0 Å². The van der Waals surface area contributed by atoms with E-state index in [9.17, 15) is 0 Å². The summed E-state index contributed by atoms with van der Waals surface area (Å²) in [6, 6.07) is 31.1. The monoisotopic (exact) mass is 366 g/mol. The molecule has 0 spiro atoms. The second-order valence-corrected chi connectivity index (χ2v) is 6.78. The van der Waals surface area contributed by atoms with Crippen LogP contribution >= 0.6 is 11.6 Å². The highest BCUT2D eigenvalue weighted by Crippen LogP contribution is 2.37. The Labute approximate surface area is 162 Å². The van der Waals surface area contributed by atoms with Crippen LogP contribution in [0.4, 0.5) is 0 Å². The summed E-state index contributed by atoms with van der Waals surface area (Å²) >= 11 is 6.31. The lowest BCUT2D eigenvalue weighted by atomic mass is 9.94. The van der Waals surface area contributed by atoms with Crippen molar-refractivity contribution < 1.29 is 0 Å². The molecule has 5 aromatic rings. The van der Waals surface area contributed by atoms with Gasteiger partial charge in [-0.25, -0.2) is 9.97 Å². The van der Waals surface area contributed by atoms with Gasteiger partial charge in [0.15, 0.2) is 0 Å². The Hall–Kier alpha value is -3.23. The van der Waals surface area contributed by atoms with E-state index in [-0.39, 0.29) is 5.28 Å². The number of rotatable bonds is 2. The van der Waals surface area contributed by atoms with Crippen molar-refractivity contribution in [2.24, 2.45) is 0 Å². The standard InChI is InChI=1S/C24H15ClN2/c25-24-26-22(17-11-5-2-6-12-17)21-15-20(16-9-3-1-4-10-16)18-13-7-8-14-19(18)23(21)27-24/h1-15H. The maximum Gasteiger partial charge on any atom is 0.223 e. The molecule has 4 aromatic carbocycles. The smallest absolute Gasteiger partial charge is 0.217 e. The number of aromatic nitrogens is 2. The molecule has 0 atom stereocenters. The second-order valence-electron chi connectivity index (χ2n) is 6.44. The molecule has 0 N–H and O–H groups in total. The Morgan fingerprint density at radius 1 is 0.556 bits per heavy atom. The van der Waals surface area contributed by atoms with Crippen molar-refractivity contribution in [1.82, 2.24) is 9.97 Å². The molecule has 1 aromatic heterocycles. The first-order valence-electron chi connectivity index (χ1n) is 8.81. The first kappa shape index (κ1) is 16.0. The number of benzene rings is 4. The van der Waals surface area contributed by atoms with Crippen molar-refractivity contribution in [2.75, 3.05) is 0 Å². The Kier molecular flexibility index (Phi) is 3.84. The van der Waals surface area contributed by atoms with Crippen molar-refractivity contribution in [3.8, 4) is 22.4 Å². The molecule has 0 radical (unpaired) electrons. The maximum absolute atomic E-state index is 6.31. The summed E-state index contributed by atoms with van der Waals surface area (Å²) in [6.45, 7) is 0. The van der Waals surface area contributed by atoms with Crippen LogP contribution in [0, 0.1) is 0 Å². The highest BCUT2D eigenvalue weighted by molar-refractivity contribution is 6.29. The molecule has 128 valence electrons. The number of hydrogen-bond acceptors (Lipinski definition) is 2. The lowest BCUT2D eigenvalue weighted by Crippen LogP contribution is -1.94. The largest absolute Gasteiger partial charge is 0.223 e. The van der Waals surface area contributed by atoms with Gasteiger partial charge in [0.2, 0.25) is 5.28 Å². The quantitative estimate of drug-likeness (QED) is 0.254. The van der Waals surface area contributed by atoms with Gasteiger partial charge in [-0.15, -0.1) is 0 Å². The molecule has 0 bridgehead atoms. The summed E-state index contributed by atoms with van der Waals surface area (Å²) in [5.74, 6) is 0. The summed E-state index contributed by atoms with van der Waals surface area (Å²) in [5.41, 5.74) is 5.10. The molecule has 27 heavy (non-hydrogen) atoms. The minimum absolute atomic E-state index is 0.263. The number of fused-ring (bicyclic) bond motifs is 3. The van der Waals surface area contributed by atoms with Gasteiger partial charge < -0.3 is 0 Å². The van der Waals surface area contributed by atoms with E-state index in [0.717, 1.165) is 32.9 Å². The third-order valence-electron chi connectivity index (χ3n) is 4.81. The van der Waals surface area contributed by atoms with Gasteiger partial charge >= 0.3 is 0 Å². The van der Waals surface area contributed by atoms with E-state index in [4.69, 9.17) is 11.6 Å². The lowest BCUT2D eigenvalue weighted by Gasteiger charge is -2.13. The van der Waals surface area contributed by atoms with Crippen molar-refractivity contribution in [3.05, 3.63) is 96.3 Å². The van der Waals surface area contributed by atoms with Gasteiger partial charge in [-0.3, -0.25) is 0 Å². The minimum atomic E-state index is 0.263. The van der Waals surface area contributed by atoms with E-state index < -0.39 is 0 Å². The Balaban J connectivity index is 1.96. The minimum Gasteiger partial charge on any atom is -0.217 e. The van der Waals surface area contributed by atoms with Crippen LogP contribution in [-0.4, -0.2) is 9.97 Å². The fourth-order valence-electron chi connectivity index (χ4n) is 3.60. The van der Waals surface area contributed by atoms with E-state index in [1.807, 2.05) is 30.3 Å². The van der Waals surface area contributed by atoms with Crippen LogP contribution in [0.25, 0.3) is 44.1 Å². The van der Waals surface area contributed by atoms with Gasteiger partial charge in [0.05, 0.1) is 11.2 Å². The van der Waals surface area contributed by atoms with Gasteiger partial charge in [0.1, 0.15) is 0 Å². The summed E-state index contributed by atoms with van der Waals surface area (Å²) in [5, 5.41) is 3.50. The van der Waals surface area contributed by atoms with Crippen molar-refractivity contribution in [1.29, 1.82) is 0 Å². The number of halogens is 1. The zero-order valence-corrected chi connectivity index (χ0v) is 15.2. The predicted octanol–water partition coefficient (Wildman–Crippen LogP) is 6.77. The third kappa shape index (κ3) is 2.75. The molecule has 0 unspecified atom stereocenters. The molecule has 0 amide bonds. The van der Waals surface area contributed by atoms with Crippen LogP contribution in [0.2, 0.25) is 5.28 Å². The van der Waals surface area contributed by atoms with Crippen molar-refractivity contribution in [2.45, 2.75) is 0 Å². The van der Waals surface area contributed by atoms with Crippen molar-refractivity contribution >= 4 is 33.3 Å². The molecule has 0 saturated heterocycles. The Bertz CT molecular complexity index is 1270. The molecule has 0 aliphatic carbocycles. The molecule has 0 aliphatic rings. The fraction of sp³-hybridized carbons (Fsp3) is 0. The normalized spacial score (nSPS) is 11.1. The van der Waals surface area contributed by atoms with Crippen LogP contribution in [0.5, 0.6) is 0 Å². The van der Waals surface area contributed by atoms with E-state index in [2.05, 4.69) is 70.6 Å². The molecule has 0 saturated carbocycles. The first-order chi connectivity index (χ1) is 13.3. The molecule has 5 rings (SSSR count). The number of nitrogens with zero attached hydrogens (tertiary/aromatic N) is 2. The Morgan fingerprint density at radius 3 is 1.85 bits per heavy atom. The van der Waals surface area contributed by atoms with Gasteiger partial charge in [-0.1, -0.05) is 84.9 Å². The van der Waals surface area contributed by atoms with Crippen LogP contribution in [0.1, 0.15) is 0 Å². The molecule has 0 fully saturated rings. The fourth-order valence-corrected chi connectivity index (χ4v) is 3.77. The van der Waals surface area contributed by atoms with Gasteiger partial charge in [0.25, 0.3) is 0 Å². The molecule has 3 heteroatoms. The summed E-state index contributed by atoms with van der Waals surface area (Å²) < 4.78 is 0. The Morgan fingerprint density at radius 2 is 1.15 bits per heavy atom. The number of hydrogen-bond donors (Lipinski definition) is 0. The van der Waals surface area contributed by atoms with E-state index in [1.165, 1.54) is 11.1 Å². The topological polar surface area (TPSA) is 25.8 Å². The second kappa shape index (κ2) is 6.49. The first-order valence-corrected chi connectivity index (χ1v) is 9.19. The molecule has 2 nitrogen and oxygen atoms in total. The average Bonchev–Trinajstić information content (AvgIpc) is 2.74. The summed E-state index contributed by atoms with van der Waals surface area (Å²) in [6.07, 6.45) is 0. The molecule has 1 heterocycles. The molecular formula is C24H15ClN2. The summed E-state index contributed by atoms with van der Waals surface area (Å²) in [7, 11) is 0. The average molecular weight is 367 g/mol. The SMILES string of the molecule is Clc1nc(-c2ccccc2)c2cc(-c3ccccc3)c3ccccc3c2n1. The molecular weight excluding hydrogens is 352 g/mol. The third-order valence-corrected chi connectivity index (χ3v) is 4.98. The summed E-state index contributed by atoms with van der Waals surface area (Å²) in [4.78, 5) is 9.15. The molecule has 0 aliphatic heterocycles. The van der Waals surface area contributed by atoms with E-state index in [1.54, 1.807) is 0 Å². The van der Waals surface area contributed by atoms with E-state index in [0.29, 0.717) is 0 Å². The van der Waals surface area contributed by atoms with Gasteiger partial charge in [0, 0.05) is 16.3 Å². The highest BCUT2D eigenvalue weighted by Gasteiger charge is 2.15. The van der Waals surface area contributed by atoms with Crippen LogP contribution in [-0.2, 0) is 0 Å². The maximum atomic E-state index is 6.31. The van der Waals surface area contributed by atoms with Gasteiger partial charge in [-0.2, -0.15) is 0 Å².